The third kappa shape index (κ3) is 8.24. The molecule has 11 heteroatoms. The molecule has 0 heterocycles. The second-order valence-corrected chi connectivity index (χ2v) is 3.37. The average molecular weight is 272 g/mol. The molecule has 0 aromatic carbocycles. The Labute approximate surface area is 97.4 Å². The molecule has 2 N–H and O–H groups in total. The van der Waals surface area contributed by atoms with Gasteiger partial charge in [-0.3, -0.25) is 0 Å². The lowest BCUT2D eigenvalue weighted by molar-refractivity contribution is 0.0717. The van der Waals surface area contributed by atoms with Crippen molar-refractivity contribution in [2.75, 3.05) is 13.2 Å². The number of carbonyl (C=O) groups excluding carboxylic acids is 2. The molecule has 0 rings (SSSR count). The molecule has 0 bridgehead atoms. The molecule has 10 nitrogen and oxygen atoms in total. The molecule has 0 atom stereocenters. The monoisotopic (exact) mass is 272 g/mol. The number of amides is 2. The van der Waals surface area contributed by atoms with E-state index >= 15 is 0 Å². The Bertz CT molecular complexity index is 325. The van der Waals surface area contributed by atoms with Crippen LogP contribution in [-0.2, 0) is 28.4 Å². The van der Waals surface area contributed by atoms with E-state index < -0.39 is 22.6 Å². The second-order valence-electron chi connectivity index (χ2n) is 2.22. The van der Waals surface area contributed by atoms with Gasteiger partial charge in [0.25, 0.3) is 0 Å². The fourth-order valence-corrected chi connectivity index (χ4v) is 0.882. The lowest BCUT2D eigenvalue weighted by atomic mass is 10.9. The summed E-state index contributed by atoms with van der Waals surface area (Å²) in [5, 5.41) is 0. The van der Waals surface area contributed by atoms with Crippen molar-refractivity contribution in [1.82, 2.24) is 11.0 Å². The maximum absolute atomic E-state index is 10.9. The Morgan fingerprint density at radius 3 is 1.59 bits per heavy atom. The SMILES string of the molecule is CCOC(=O)NOS(=O)(=O)ONC(=O)OCC. The standard InChI is InChI=1S/C6H12N2O8S/c1-3-13-5(9)7-15-17(11,12)16-8-6(10)14-4-2/h3-4H2,1-2H3,(H,7,9)(H,8,10). The molecule has 0 aliphatic heterocycles. The highest BCUT2D eigenvalue weighted by atomic mass is 32.3. The molecule has 100 valence electrons. The zero-order valence-electron chi connectivity index (χ0n) is 9.09. The maximum atomic E-state index is 10.9. The van der Waals surface area contributed by atoms with E-state index in [1.807, 2.05) is 0 Å². The van der Waals surface area contributed by atoms with Crippen molar-refractivity contribution in [2.24, 2.45) is 0 Å². The quantitative estimate of drug-likeness (QED) is 0.624. The predicted molar refractivity (Wildman–Crippen MR) is 51.4 cm³/mol. The lowest BCUT2D eigenvalue weighted by Crippen LogP contribution is -2.33. The minimum absolute atomic E-state index is 0.0250. The first-order valence-corrected chi connectivity index (χ1v) is 5.72. The number of nitrogens with one attached hydrogen (secondary N) is 2. The van der Waals surface area contributed by atoms with Crippen LogP contribution in [0.4, 0.5) is 9.59 Å². The van der Waals surface area contributed by atoms with Gasteiger partial charge in [0.2, 0.25) is 0 Å². The van der Waals surface area contributed by atoms with Crippen LogP contribution in [0, 0.1) is 0 Å². The van der Waals surface area contributed by atoms with Crippen molar-refractivity contribution in [3.05, 3.63) is 0 Å². The fraction of sp³-hybridized carbons (Fsp3) is 0.667. The van der Waals surface area contributed by atoms with Gasteiger partial charge in [-0.15, -0.1) is 8.57 Å². The van der Waals surface area contributed by atoms with Gasteiger partial charge in [0.15, 0.2) is 0 Å². The number of carbonyl (C=O) groups is 2. The summed E-state index contributed by atoms with van der Waals surface area (Å²) in [6.07, 6.45) is -2.26. The average Bonchev–Trinajstić information content (AvgIpc) is 2.25. The normalized spacial score (nSPS) is 10.5. The summed E-state index contributed by atoms with van der Waals surface area (Å²) >= 11 is 0. The third-order valence-corrected chi connectivity index (χ3v) is 1.58. The molecule has 0 fully saturated rings. The molecule has 0 aromatic rings. The smallest absolute Gasteiger partial charge is 0.442 e. The highest BCUT2D eigenvalue weighted by Crippen LogP contribution is 1.91. The van der Waals surface area contributed by atoms with E-state index in [2.05, 4.69) is 18.0 Å². The number of hydrogen-bond donors (Lipinski definition) is 2. The molecule has 0 unspecified atom stereocenters. The van der Waals surface area contributed by atoms with Gasteiger partial charge < -0.3 is 9.47 Å². The summed E-state index contributed by atoms with van der Waals surface area (Å²) in [5.41, 5.74) is 2.83. The van der Waals surface area contributed by atoms with Gasteiger partial charge in [-0.1, -0.05) is 0 Å². The molecule has 2 amide bonds. The van der Waals surface area contributed by atoms with Crippen LogP contribution in [0.15, 0.2) is 0 Å². The van der Waals surface area contributed by atoms with E-state index in [-0.39, 0.29) is 13.2 Å². The molecule has 0 saturated carbocycles. The topological polar surface area (TPSA) is 129 Å². The van der Waals surface area contributed by atoms with Crippen LogP contribution in [0.5, 0.6) is 0 Å². The van der Waals surface area contributed by atoms with Gasteiger partial charge >= 0.3 is 22.6 Å². The van der Waals surface area contributed by atoms with Crippen LogP contribution in [0.25, 0.3) is 0 Å². The fourth-order valence-electron chi connectivity index (χ4n) is 0.508. The summed E-state index contributed by atoms with van der Waals surface area (Å²) < 4.78 is 38.0. The van der Waals surface area contributed by atoms with Crippen molar-refractivity contribution in [3.63, 3.8) is 0 Å². The predicted octanol–water partition coefficient (Wildman–Crippen LogP) is -0.413. The van der Waals surface area contributed by atoms with E-state index in [0.717, 1.165) is 0 Å². The van der Waals surface area contributed by atoms with Crippen LogP contribution in [0.3, 0.4) is 0 Å². The number of hydroxylamine groups is 2. The van der Waals surface area contributed by atoms with Crippen molar-refractivity contribution in [3.8, 4) is 0 Å². The Morgan fingerprint density at radius 1 is 0.941 bits per heavy atom. The molecule has 0 spiro atoms. The molecule has 0 aromatic heterocycles. The first kappa shape index (κ1) is 15.4. The zero-order valence-corrected chi connectivity index (χ0v) is 9.90. The largest absolute Gasteiger partial charge is 0.448 e. The van der Waals surface area contributed by atoms with Crippen LogP contribution in [0.1, 0.15) is 13.8 Å². The summed E-state index contributed by atoms with van der Waals surface area (Å²) in [7, 11) is -4.63. The number of ether oxygens (including phenoxy) is 2. The Balaban J connectivity index is 3.96. The summed E-state index contributed by atoms with van der Waals surface area (Å²) in [5.74, 6) is 0. The molecule has 0 radical (unpaired) electrons. The highest BCUT2D eigenvalue weighted by Gasteiger charge is 2.17. The first-order chi connectivity index (χ1) is 7.91. The maximum Gasteiger partial charge on any atom is 0.442 e. The van der Waals surface area contributed by atoms with Crippen molar-refractivity contribution >= 4 is 22.6 Å². The molecular weight excluding hydrogens is 260 g/mol. The Morgan fingerprint density at radius 2 is 1.29 bits per heavy atom. The van der Waals surface area contributed by atoms with E-state index in [1.165, 1.54) is 24.8 Å². The Kier molecular flexibility index (Phi) is 6.93. The van der Waals surface area contributed by atoms with Gasteiger partial charge in [0.1, 0.15) is 0 Å². The molecule has 0 saturated heterocycles. The van der Waals surface area contributed by atoms with Gasteiger partial charge in [0.05, 0.1) is 13.2 Å². The first-order valence-electron chi connectivity index (χ1n) is 4.38. The summed E-state index contributed by atoms with van der Waals surface area (Å²) in [6.45, 7) is 3.06. The van der Waals surface area contributed by atoms with Crippen LogP contribution < -0.4 is 11.0 Å². The highest BCUT2D eigenvalue weighted by molar-refractivity contribution is 7.81. The minimum Gasteiger partial charge on any atom is -0.448 e. The number of hydrogen-bond acceptors (Lipinski definition) is 8. The summed E-state index contributed by atoms with van der Waals surface area (Å²) in [4.78, 5) is 21.3. The Hall–Kier alpha value is -1.59. The van der Waals surface area contributed by atoms with E-state index in [1.54, 1.807) is 0 Å². The zero-order chi connectivity index (χ0) is 13.3. The van der Waals surface area contributed by atoms with Crippen molar-refractivity contribution in [1.29, 1.82) is 0 Å². The third-order valence-electron chi connectivity index (χ3n) is 1.00. The second kappa shape index (κ2) is 7.65. The van der Waals surface area contributed by atoms with E-state index in [9.17, 15) is 18.0 Å². The van der Waals surface area contributed by atoms with Gasteiger partial charge in [-0.25, -0.2) is 9.59 Å². The van der Waals surface area contributed by atoms with Crippen LogP contribution >= 0.6 is 0 Å². The number of rotatable bonds is 6. The van der Waals surface area contributed by atoms with Crippen molar-refractivity contribution in [2.45, 2.75) is 13.8 Å². The van der Waals surface area contributed by atoms with E-state index in [0.29, 0.717) is 0 Å². The van der Waals surface area contributed by atoms with Gasteiger partial charge in [0, 0.05) is 0 Å². The van der Waals surface area contributed by atoms with Gasteiger partial charge in [-0.05, 0) is 13.8 Å². The lowest BCUT2D eigenvalue weighted by Gasteiger charge is -2.06. The molecule has 0 aliphatic carbocycles. The minimum atomic E-state index is -4.63. The molecular formula is C6H12N2O8S. The van der Waals surface area contributed by atoms with E-state index in [4.69, 9.17) is 0 Å². The van der Waals surface area contributed by atoms with Crippen molar-refractivity contribution < 1.29 is 36.0 Å². The van der Waals surface area contributed by atoms with Gasteiger partial charge in [-0.2, -0.15) is 19.4 Å². The molecule has 0 aliphatic rings. The van der Waals surface area contributed by atoms with Crippen LogP contribution in [-0.4, -0.2) is 33.8 Å². The molecule has 17 heavy (non-hydrogen) atoms. The van der Waals surface area contributed by atoms with Crippen LogP contribution in [0.2, 0.25) is 0 Å². The summed E-state index contributed by atoms with van der Waals surface area (Å²) in [6, 6.07) is 0.